The van der Waals surface area contributed by atoms with Gasteiger partial charge in [-0.3, -0.25) is 9.59 Å². The normalized spacial score (nSPS) is 14.6. The third kappa shape index (κ3) is 6.35. The van der Waals surface area contributed by atoms with E-state index < -0.39 is 23.4 Å². The van der Waals surface area contributed by atoms with Crippen LogP contribution in [0, 0.1) is 0 Å². The Morgan fingerprint density at radius 2 is 1.76 bits per heavy atom. The van der Waals surface area contributed by atoms with Crippen molar-refractivity contribution in [2.24, 2.45) is 0 Å². The molecule has 3 heterocycles. The Morgan fingerprint density at radius 3 is 2.34 bits per heavy atom. The summed E-state index contributed by atoms with van der Waals surface area (Å²) in [6.07, 6.45) is -3.42. The molecule has 9 nitrogen and oxygen atoms in total. The number of halogens is 3. The van der Waals surface area contributed by atoms with E-state index in [0.717, 1.165) is 16.3 Å². The SMILES string of the molecule is COc1ccc(CN(CC(=O)OC(C)(C)C)c2cc(N3CCC(=O)CC3)nn3c(C(F)(F)F)cnc23)cc1. The number of esters is 1. The van der Waals surface area contributed by atoms with Crippen molar-refractivity contribution in [3.8, 4) is 5.75 Å². The van der Waals surface area contributed by atoms with Crippen LogP contribution >= 0.6 is 0 Å². The van der Waals surface area contributed by atoms with E-state index in [1.54, 1.807) is 55.9 Å². The summed E-state index contributed by atoms with van der Waals surface area (Å²) >= 11 is 0. The molecule has 1 aromatic carbocycles. The van der Waals surface area contributed by atoms with Crippen molar-refractivity contribution in [2.75, 3.05) is 36.5 Å². The molecule has 1 saturated heterocycles. The van der Waals surface area contributed by atoms with Crippen LogP contribution in [0.25, 0.3) is 5.65 Å². The van der Waals surface area contributed by atoms with Crippen molar-refractivity contribution < 1.29 is 32.2 Å². The molecule has 0 N–H and O–H groups in total. The molecule has 0 amide bonds. The van der Waals surface area contributed by atoms with E-state index in [1.807, 2.05) is 12.1 Å². The van der Waals surface area contributed by atoms with E-state index in [-0.39, 0.29) is 48.9 Å². The highest BCUT2D eigenvalue weighted by Gasteiger charge is 2.37. The Balaban J connectivity index is 1.82. The molecule has 1 aliphatic rings. The molecule has 38 heavy (non-hydrogen) atoms. The summed E-state index contributed by atoms with van der Waals surface area (Å²) in [5.41, 5.74) is -0.767. The highest BCUT2D eigenvalue weighted by molar-refractivity contribution is 5.82. The average Bonchev–Trinajstić information content (AvgIpc) is 3.27. The first kappa shape index (κ1) is 27.2. The highest BCUT2D eigenvalue weighted by Crippen LogP contribution is 2.34. The Hall–Kier alpha value is -3.83. The van der Waals surface area contributed by atoms with Crippen LogP contribution < -0.4 is 14.5 Å². The van der Waals surface area contributed by atoms with Gasteiger partial charge in [-0.25, -0.2) is 9.50 Å². The van der Waals surface area contributed by atoms with Gasteiger partial charge in [0.15, 0.2) is 17.2 Å². The molecule has 0 bridgehead atoms. The van der Waals surface area contributed by atoms with E-state index in [1.165, 1.54) is 0 Å². The third-order valence-corrected chi connectivity index (χ3v) is 5.98. The number of piperidine rings is 1. The molecule has 204 valence electrons. The number of carbonyl (C=O) groups excluding carboxylic acids is 2. The van der Waals surface area contributed by atoms with E-state index >= 15 is 0 Å². The molecule has 0 unspecified atom stereocenters. The molecule has 3 aromatic rings. The number of aromatic nitrogens is 3. The third-order valence-electron chi connectivity index (χ3n) is 5.98. The van der Waals surface area contributed by atoms with Crippen LogP contribution in [0.3, 0.4) is 0 Å². The number of hydrogen-bond donors (Lipinski definition) is 0. The zero-order valence-electron chi connectivity index (χ0n) is 21.7. The summed E-state index contributed by atoms with van der Waals surface area (Å²) in [6.45, 7) is 5.81. The fourth-order valence-electron chi connectivity index (χ4n) is 4.21. The Labute approximate surface area is 218 Å². The van der Waals surface area contributed by atoms with E-state index in [9.17, 15) is 22.8 Å². The van der Waals surface area contributed by atoms with Crippen LogP contribution in [0.2, 0.25) is 0 Å². The highest BCUT2D eigenvalue weighted by atomic mass is 19.4. The zero-order chi connectivity index (χ0) is 27.7. The number of hydrogen-bond acceptors (Lipinski definition) is 8. The summed E-state index contributed by atoms with van der Waals surface area (Å²) in [4.78, 5) is 32.1. The number of Topliss-reactive ketones (excluding diaryl/α,β-unsaturated/α-hetero) is 1. The number of imidazole rings is 1. The van der Waals surface area contributed by atoms with Crippen molar-refractivity contribution in [3.05, 3.63) is 47.8 Å². The molecule has 1 fully saturated rings. The van der Waals surface area contributed by atoms with Crippen LogP contribution in [0.5, 0.6) is 5.75 Å². The molecule has 12 heteroatoms. The topological polar surface area (TPSA) is 89.3 Å². The number of carbonyl (C=O) groups is 2. The maximum absolute atomic E-state index is 13.9. The molecule has 0 spiro atoms. The number of benzene rings is 1. The summed E-state index contributed by atoms with van der Waals surface area (Å²) in [5, 5.41) is 4.25. The smallest absolute Gasteiger partial charge is 0.435 e. The molecule has 1 aliphatic heterocycles. The maximum Gasteiger partial charge on any atom is 0.435 e. The molecular formula is C26H30F3N5O4. The monoisotopic (exact) mass is 533 g/mol. The first-order valence-corrected chi connectivity index (χ1v) is 12.2. The van der Waals surface area contributed by atoms with Crippen LogP contribution in [-0.2, 0) is 27.0 Å². The predicted octanol–water partition coefficient (Wildman–Crippen LogP) is 4.27. The van der Waals surface area contributed by atoms with E-state index in [0.29, 0.717) is 18.8 Å². The van der Waals surface area contributed by atoms with E-state index in [4.69, 9.17) is 9.47 Å². The summed E-state index contributed by atoms with van der Waals surface area (Å²) in [5.74, 6) is 0.442. The fourth-order valence-corrected chi connectivity index (χ4v) is 4.21. The quantitative estimate of drug-likeness (QED) is 0.416. The second-order valence-corrected chi connectivity index (χ2v) is 10.1. The number of anilines is 2. The fraction of sp³-hybridized carbons (Fsp3) is 0.462. The average molecular weight is 534 g/mol. The number of ketones is 1. The van der Waals surface area contributed by atoms with Gasteiger partial charge in [0.05, 0.1) is 19.0 Å². The van der Waals surface area contributed by atoms with Gasteiger partial charge >= 0.3 is 12.1 Å². The molecule has 0 aliphatic carbocycles. The largest absolute Gasteiger partial charge is 0.497 e. The minimum absolute atomic E-state index is 0.0498. The Morgan fingerprint density at radius 1 is 1.11 bits per heavy atom. The molecule has 0 radical (unpaired) electrons. The number of methoxy groups -OCH3 is 1. The van der Waals surface area contributed by atoms with Crippen molar-refractivity contribution in [1.29, 1.82) is 0 Å². The van der Waals surface area contributed by atoms with Gasteiger partial charge in [-0.1, -0.05) is 12.1 Å². The molecule has 0 atom stereocenters. The second kappa shape index (κ2) is 10.5. The first-order chi connectivity index (χ1) is 17.8. The van der Waals surface area contributed by atoms with Crippen molar-refractivity contribution in [1.82, 2.24) is 14.6 Å². The number of alkyl halides is 3. The van der Waals surface area contributed by atoms with Crippen molar-refractivity contribution >= 4 is 28.9 Å². The van der Waals surface area contributed by atoms with Gasteiger partial charge in [-0.15, -0.1) is 5.10 Å². The minimum Gasteiger partial charge on any atom is -0.497 e. The van der Waals surface area contributed by atoms with Gasteiger partial charge in [-0.05, 0) is 38.5 Å². The lowest BCUT2D eigenvalue weighted by atomic mass is 10.1. The van der Waals surface area contributed by atoms with Gasteiger partial charge in [0, 0.05) is 38.5 Å². The Bertz CT molecular complexity index is 1310. The Kier molecular flexibility index (Phi) is 7.52. The van der Waals surface area contributed by atoms with Crippen molar-refractivity contribution in [3.63, 3.8) is 0 Å². The minimum atomic E-state index is -4.70. The number of fused-ring (bicyclic) bond motifs is 1. The summed E-state index contributed by atoms with van der Waals surface area (Å²) in [7, 11) is 1.55. The van der Waals surface area contributed by atoms with Gasteiger partial charge in [0.25, 0.3) is 0 Å². The second-order valence-electron chi connectivity index (χ2n) is 10.1. The summed E-state index contributed by atoms with van der Waals surface area (Å²) < 4.78 is 53.1. The molecule has 2 aromatic heterocycles. The lowest BCUT2D eigenvalue weighted by molar-refractivity contribution is -0.153. The first-order valence-electron chi connectivity index (χ1n) is 12.2. The maximum atomic E-state index is 13.9. The lowest BCUT2D eigenvalue weighted by Gasteiger charge is -2.30. The van der Waals surface area contributed by atoms with Crippen molar-refractivity contribution in [2.45, 2.75) is 51.9 Å². The standard InChI is InChI=1S/C26H30F3N5O4/c1-25(2,3)38-23(36)16-33(15-17-5-7-19(37-4)8-6-17)20-13-22(32-11-9-18(35)10-12-32)31-34-21(26(27,28)29)14-30-24(20)34/h5-8,13-14H,9-12,15-16H2,1-4H3. The molecule has 4 rings (SSSR count). The zero-order valence-corrected chi connectivity index (χ0v) is 21.7. The van der Waals surface area contributed by atoms with Gasteiger partial charge < -0.3 is 19.3 Å². The van der Waals surface area contributed by atoms with Crippen LogP contribution in [0.4, 0.5) is 24.7 Å². The molecule has 0 saturated carbocycles. The van der Waals surface area contributed by atoms with Crippen LogP contribution in [-0.4, -0.2) is 58.7 Å². The lowest BCUT2D eigenvalue weighted by Crippen LogP contribution is -2.37. The molecular weight excluding hydrogens is 503 g/mol. The summed E-state index contributed by atoms with van der Waals surface area (Å²) in [6, 6.07) is 8.76. The van der Waals surface area contributed by atoms with E-state index in [2.05, 4.69) is 10.1 Å². The number of ether oxygens (including phenoxy) is 2. The van der Waals surface area contributed by atoms with Gasteiger partial charge in [-0.2, -0.15) is 13.2 Å². The number of rotatable bonds is 7. The van der Waals surface area contributed by atoms with Gasteiger partial charge in [0.1, 0.15) is 23.7 Å². The number of nitrogens with zero attached hydrogens (tertiary/aromatic N) is 5. The van der Waals surface area contributed by atoms with Crippen LogP contribution in [0.15, 0.2) is 36.5 Å². The van der Waals surface area contributed by atoms with Crippen LogP contribution in [0.1, 0.15) is 44.9 Å². The van der Waals surface area contributed by atoms with Gasteiger partial charge in [0.2, 0.25) is 0 Å². The predicted molar refractivity (Wildman–Crippen MR) is 134 cm³/mol.